The number of fused-ring (bicyclic) bond motifs is 1. The van der Waals surface area contributed by atoms with Crippen molar-refractivity contribution in [3.63, 3.8) is 0 Å². The van der Waals surface area contributed by atoms with Gasteiger partial charge in [-0.05, 0) is 41.3 Å². The molecule has 2 aromatic heterocycles. The summed E-state index contributed by atoms with van der Waals surface area (Å²) in [5.41, 5.74) is 4.77. The van der Waals surface area contributed by atoms with Gasteiger partial charge in [-0.15, -0.1) is 0 Å². The summed E-state index contributed by atoms with van der Waals surface area (Å²) in [5, 5.41) is 3.44. The summed E-state index contributed by atoms with van der Waals surface area (Å²) in [4.78, 5) is 20.9. The number of rotatable bonds is 8. The Hall–Kier alpha value is -3.71. The predicted molar refractivity (Wildman–Crippen MR) is 134 cm³/mol. The van der Waals surface area contributed by atoms with Gasteiger partial charge in [0.05, 0.1) is 23.1 Å². The number of nitrogens with zero attached hydrogens (tertiary/aromatic N) is 3. The van der Waals surface area contributed by atoms with Gasteiger partial charge in [0.2, 0.25) is 5.95 Å². The van der Waals surface area contributed by atoms with Crippen LogP contribution in [0.15, 0.2) is 60.8 Å². The number of hydrogen-bond acceptors (Lipinski definition) is 6. The van der Waals surface area contributed by atoms with Crippen LogP contribution in [0.2, 0.25) is 0 Å². The molecular weight excluding hydrogens is 428 g/mol. The lowest BCUT2D eigenvalue weighted by atomic mass is 9.87. The van der Waals surface area contributed by atoms with E-state index in [1.807, 2.05) is 35.9 Å². The van der Waals surface area contributed by atoms with Crippen molar-refractivity contribution in [2.75, 3.05) is 19.0 Å². The van der Waals surface area contributed by atoms with Crippen molar-refractivity contribution in [2.45, 2.75) is 32.6 Å². The Morgan fingerprint density at radius 3 is 2.62 bits per heavy atom. The smallest absolute Gasteiger partial charge is 0.208 e. The van der Waals surface area contributed by atoms with E-state index < -0.39 is 0 Å². The summed E-state index contributed by atoms with van der Waals surface area (Å²) in [5.74, 6) is 1.99. The van der Waals surface area contributed by atoms with Gasteiger partial charge in [-0.25, -0.2) is 4.98 Å². The SMILES string of the molecule is COCC(=O)Cc1cc(Oc2ccc3c(c2)nc(Nc2cccc(C(C)(C)C)c2)n3C)ccn1. The summed E-state index contributed by atoms with van der Waals surface area (Å²) in [6.07, 6.45) is 1.84. The number of ether oxygens (including phenoxy) is 2. The molecule has 0 aliphatic carbocycles. The van der Waals surface area contributed by atoms with Crippen molar-refractivity contribution in [2.24, 2.45) is 7.05 Å². The highest BCUT2D eigenvalue weighted by molar-refractivity contribution is 5.82. The number of methoxy groups -OCH3 is 1. The first-order valence-corrected chi connectivity index (χ1v) is 11.2. The monoisotopic (exact) mass is 458 g/mol. The van der Waals surface area contributed by atoms with Gasteiger partial charge in [0.25, 0.3) is 0 Å². The van der Waals surface area contributed by atoms with Gasteiger partial charge in [0.15, 0.2) is 5.78 Å². The van der Waals surface area contributed by atoms with E-state index >= 15 is 0 Å². The number of imidazole rings is 1. The highest BCUT2D eigenvalue weighted by atomic mass is 16.5. The molecule has 4 rings (SSSR count). The molecule has 0 spiro atoms. The molecule has 1 N–H and O–H groups in total. The van der Waals surface area contributed by atoms with Gasteiger partial charge >= 0.3 is 0 Å². The van der Waals surface area contributed by atoms with Crippen molar-refractivity contribution in [1.82, 2.24) is 14.5 Å². The minimum Gasteiger partial charge on any atom is -0.457 e. The lowest BCUT2D eigenvalue weighted by molar-refractivity contribution is -0.122. The molecule has 0 saturated carbocycles. The fraction of sp³-hybridized carbons (Fsp3) is 0.296. The van der Waals surface area contributed by atoms with Crippen LogP contribution in [0.3, 0.4) is 0 Å². The number of aromatic nitrogens is 3. The molecule has 0 fully saturated rings. The van der Waals surface area contributed by atoms with Gasteiger partial charge in [0.1, 0.15) is 18.1 Å². The lowest BCUT2D eigenvalue weighted by Gasteiger charge is -2.20. The summed E-state index contributed by atoms with van der Waals surface area (Å²) >= 11 is 0. The second-order valence-electron chi connectivity index (χ2n) is 9.33. The van der Waals surface area contributed by atoms with Crippen LogP contribution in [0.5, 0.6) is 11.5 Å². The molecule has 4 aromatic rings. The Balaban J connectivity index is 1.54. The largest absolute Gasteiger partial charge is 0.457 e. The molecule has 0 radical (unpaired) electrons. The number of pyridine rings is 1. The van der Waals surface area contributed by atoms with E-state index in [0.717, 1.165) is 22.7 Å². The van der Waals surface area contributed by atoms with Crippen LogP contribution in [0.25, 0.3) is 11.0 Å². The Labute approximate surface area is 199 Å². The van der Waals surface area contributed by atoms with Gasteiger partial charge in [-0.2, -0.15) is 0 Å². The molecule has 7 heteroatoms. The zero-order valence-corrected chi connectivity index (χ0v) is 20.3. The number of carbonyl (C=O) groups excluding carboxylic acids is 1. The van der Waals surface area contributed by atoms with Crippen molar-refractivity contribution in [3.05, 3.63) is 72.1 Å². The number of carbonyl (C=O) groups is 1. The predicted octanol–water partition coefficient (Wildman–Crippen LogP) is 5.56. The maximum Gasteiger partial charge on any atom is 0.208 e. The van der Waals surface area contributed by atoms with E-state index in [-0.39, 0.29) is 24.2 Å². The molecule has 0 atom stereocenters. The van der Waals surface area contributed by atoms with Crippen LogP contribution in [-0.2, 0) is 28.4 Å². The summed E-state index contributed by atoms with van der Waals surface area (Å²) in [7, 11) is 3.49. The number of anilines is 2. The molecule has 0 aliphatic rings. The number of Topliss-reactive ketones (excluding diaryl/α,β-unsaturated/α-hetero) is 1. The van der Waals surface area contributed by atoms with Crippen LogP contribution < -0.4 is 10.1 Å². The average Bonchev–Trinajstić information content (AvgIpc) is 3.08. The highest BCUT2D eigenvalue weighted by Gasteiger charge is 2.15. The van der Waals surface area contributed by atoms with Gasteiger partial charge in [-0.1, -0.05) is 32.9 Å². The third kappa shape index (κ3) is 5.43. The molecule has 2 aromatic carbocycles. The van der Waals surface area contributed by atoms with E-state index in [1.165, 1.54) is 12.7 Å². The number of ketones is 1. The number of benzene rings is 2. The Kier molecular flexibility index (Phi) is 6.65. The molecule has 0 aliphatic heterocycles. The first-order chi connectivity index (χ1) is 16.2. The average molecular weight is 459 g/mol. The Morgan fingerprint density at radius 1 is 1.06 bits per heavy atom. The molecule has 176 valence electrons. The zero-order valence-electron chi connectivity index (χ0n) is 20.3. The van der Waals surface area contributed by atoms with E-state index in [4.69, 9.17) is 14.5 Å². The third-order valence-corrected chi connectivity index (χ3v) is 5.54. The second kappa shape index (κ2) is 9.65. The van der Waals surface area contributed by atoms with Gasteiger partial charge in [-0.3, -0.25) is 9.78 Å². The van der Waals surface area contributed by atoms with Crippen LogP contribution in [-0.4, -0.2) is 34.0 Å². The molecule has 0 amide bonds. The van der Waals surface area contributed by atoms with Crippen molar-refractivity contribution < 1.29 is 14.3 Å². The van der Waals surface area contributed by atoms with E-state index in [2.05, 4.69) is 49.3 Å². The number of nitrogens with one attached hydrogen (secondary N) is 1. The van der Waals surface area contributed by atoms with Gasteiger partial charge < -0.3 is 19.4 Å². The fourth-order valence-corrected chi connectivity index (χ4v) is 3.71. The lowest BCUT2D eigenvalue weighted by Crippen LogP contribution is -2.11. The minimum atomic E-state index is -0.0323. The standard InChI is InChI=1S/C27H30N4O3/c1-27(2,3)18-7-6-8-19(13-18)29-26-30-24-16-22(9-10-25(24)31(26)4)34-23-11-12-28-20(15-23)14-21(32)17-33-5/h6-13,15-16H,14,17H2,1-5H3,(H,29,30). The topological polar surface area (TPSA) is 78.3 Å². The summed E-state index contributed by atoms with van der Waals surface area (Å²) in [6, 6.07) is 17.7. The van der Waals surface area contributed by atoms with Crippen molar-refractivity contribution in [3.8, 4) is 11.5 Å². The molecule has 0 saturated heterocycles. The van der Waals surface area contributed by atoms with E-state index in [9.17, 15) is 4.79 Å². The maximum atomic E-state index is 11.8. The number of hydrogen-bond donors (Lipinski definition) is 1. The van der Waals surface area contributed by atoms with Crippen LogP contribution >= 0.6 is 0 Å². The van der Waals surface area contributed by atoms with Crippen molar-refractivity contribution >= 4 is 28.5 Å². The molecule has 0 bridgehead atoms. The Morgan fingerprint density at radius 2 is 1.85 bits per heavy atom. The van der Waals surface area contributed by atoms with Crippen LogP contribution in [0, 0.1) is 0 Å². The minimum absolute atomic E-state index is 0.0323. The van der Waals surface area contributed by atoms with Crippen molar-refractivity contribution in [1.29, 1.82) is 0 Å². The summed E-state index contributed by atoms with van der Waals surface area (Å²) in [6.45, 7) is 6.67. The maximum absolute atomic E-state index is 11.8. The van der Waals surface area contributed by atoms with E-state index in [1.54, 1.807) is 18.3 Å². The normalized spacial score (nSPS) is 11.6. The first kappa shape index (κ1) is 23.4. The quantitative estimate of drug-likeness (QED) is 0.372. The Bertz CT molecular complexity index is 1320. The summed E-state index contributed by atoms with van der Waals surface area (Å²) < 4.78 is 12.9. The van der Waals surface area contributed by atoms with E-state index in [0.29, 0.717) is 17.2 Å². The molecule has 7 nitrogen and oxygen atoms in total. The van der Waals surface area contributed by atoms with Gasteiger partial charge in [0, 0.05) is 38.2 Å². The molecular formula is C27H30N4O3. The fourth-order valence-electron chi connectivity index (χ4n) is 3.71. The molecule has 34 heavy (non-hydrogen) atoms. The highest BCUT2D eigenvalue weighted by Crippen LogP contribution is 2.30. The molecule has 0 unspecified atom stereocenters. The third-order valence-electron chi connectivity index (χ3n) is 5.54. The zero-order chi connectivity index (χ0) is 24.3. The first-order valence-electron chi connectivity index (χ1n) is 11.2. The molecule has 2 heterocycles. The van der Waals surface area contributed by atoms with Crippen LogP contribution in [0.4, 0.5) is 11.6 Å². The number of aryl methyl sites for hydroxylation is 1. The van der Waals surface area contributed by atoms with Crippen LogP contribution in [0.1, 0.15) is 32.0 Å². The second-order valence-corrected chi connectivity index (χ2v) is 9.33.